The molecule has 0 fully saturated rings. The van der Waals surface area contributed by atoms with Crippen molar-refractivity contribution in [1.82, 2.24) is 0 Å². The van der Waals surface area contributed by atoms with E-state index in [0.29, 0.717) is 5.56 Å². The molecule has 0 radical (unpaired) electrons. The second kappa shape index (κ2) is 3.52. The van der Waals surface area contributed by atoms with E-state index in [1.54, 1.807) is 13.8 Å². The van der Waals surface area contributed by atoms with E-state index in [9.17, 15) is 8.78 Å². The molecular formula is C9H9BrF2. The molecule has 1 aromatic carbocycles. The molecule has 0 saturated carbocycles. The molecule has 0 heterocycles. The van der Waals surface area contributed by atoms with E-state index < -0.39 is 11.6 Å². The lowest BCUT2D eigenvalue weighted by Gasteiger charge is -2.08. The van der Waals surface area contributed by atoms with E-state index in [4.69, 9.17) is 0 Å². The van der Waals surface area contributed by atoms with Crippen molar-refractivity contribution in [2.75, 3.05) is 0 Å². The van der Waals surface area contributed by atoms with E-state index in [2.05, 4.69) is 15.9 Å². The van der Waals surface area contributed by atoms with Gasteiger partial charge in [-0.2, -0.15) is 0 Å². The number of aryl methyl sites for hydroxylation is 1. The molecule has 1 atom stereocenters. The standard InChI is InChI=1S/C9H9BrF2/c1-5-3-4-7(11)8(6(2)10)9(5)12/h3-4,6H,1-2H3. The molecule has 0 bridgehead atoms. The summed E-state index contributed by atoms with van der Waals surface area (Å²) >= 11 is 3.14. The number of hydrogen-bond donors (Lipinski definition) is 0. The predicted molar refractivity (Wildman–Crippen MR) is 48.4 cm³/mol. The third-order valence-electron chi connectivity index (χ3n) is 1.72. The van der Waals surface area contributed by atoms with Crippen molar-refractivity contribution in [3.8, 4) is 0 Å². The first-order valence-corrected chi connectivity index (χ1v) is 4.54. The van der Waals surface area contributed by atoms with Crippen LogP contribution >= 0.6 is 15.9 Å². The zero-order chi connectivity index (χ0) is 9.30. The van der Waals surface area contributed by atoms with Gasteiger partial charge in [0.05, 0.1) is 0 Å². The number of alkyl halides is 1. The van der Waals surface area contributed by atoms with E-state index in [0.717, 1.165) is 0 Å². The zero-order valence-corrected chi connectivity index (χ0v) is 8.45. The molecule has 0 nitrogen and oxygen atoms in total. The highest BCUT2D eigenvalue weighted by molar-refractivity contribution is 9.09. The third-order valence-corrected chi connectivity index (χ3v) is 2.18. The minimum atomic E-state index is -0.498. The molecule has 0 N–H and O–H groups in total. The fraction of sp³-hybridized carbons (Fsp3) is 0.333. The molecule has 0 aromatic heterocycles. The molecule has 1 aromatic rings. The smallest absolute Gasteiger partial charge is 0.133 e. The van der Waals surface area contributed by atoms with Crippen molar-refractivity contribution in [3.63, 3.8) is 0 Å². The van der Waals surface area contributed by atoms with Gasteiger partial charge < -0.3 is 0 Å². The maximum atomic E-state index is 13.2. The number of benzene rings is 1. The molecule has 1 rings (SSSR count). The Kier molecular flexibility index (Phi) is 2.83. The van der Waals surface area contributed by atoms with Crippen molar-refractivity contribution in [2.45, 2.75) is 18.7 Å². The Balaban J connectivity index is 3.33. The lowest BCUT2D eigenvalue weighted by molar-refractivity contribution is 0.552. The van der Waals surface area contributed by atoms with Crippen LogP contribution in [0.4, 0.5) is 8.78 Å². The first kappa shape index (κ1) is 9.65. The molecule has 66 valence electrons. The van der Waals surface area contributed by atoms with Gasteiger partial charge in [-0.15, -0.1) is 0 Å². The summed E-state index contributed by atoms with van der Waals surface area (Å²) in [5, 5.41) is 0. The fourth-order valence-electron chi connectivity index (χ4n) is 1.04. The molecule has 0 aliphatic heterocycles. The van der Waals surface area contributed by atoms with Gasteiger partial charge in [-0.1, -0.05) is 22.0 Å². The molecule has 1 unspecified atom stereocenters. The molecule has 12 heavy (non-hydrogen) atoms. The monoisotopic (exact) mass is 234 g/mol. The minimum Gasteiger partial charge on any atom is -0.207 e. The van der Waals surface area contributed by atoms with Gasteiger partial charge in [-0.3, -0.25) is 0 Å². The Morgan fingerprint density at radius 3 is 2.33 bits per heavy atom. The van der Waals surface area contributed by atoms with Gasteiger partial charge in [-0.05, 0) is 25.5 Å². The second-order valence-corrected chi connectivity index (χ2v) is 4.08. The van der Waals surface area contributed by atoms with Crippen LogP contribution in [0.1, 0.15) is 22.9 Å². The average molecular weight is 235 g/mol. The fourth-order valence-corrected chi connectivity index (χ4v) is 1.46. The van der Waals surface area contributed by atoms with Crippen LogP contribution in [0.25, 0.3) is 0 Å². The SMILES string of the molecule is Cc1ccc(F)c(C(C)Br)c1F. The van der Waals surface area contributed by atoms with Gasteiger partial charge in [0.1, 0.15) is 11.6 Å². The van der Waals surface area contributed by atoms with Crippen LogP contribution in [-0.4, -0.2) is 0 Å². The van der Waals surface area contributed by atoms with Crippen molar-refractivity contribution < 1.29 is 8.78 Å². The van der Waals surface area contributed by atoms with Gasteiger partial charge in [0, 0.05) is 10.4 Å². The summed E-state index contributed by atoms with van der Waals surface area (Å²) in [6, 6.07) is 2.72. The Hall–Kier alpha value is -0.440. The van der Waals surface area contributed by atoms with Crippen LogP contribution < -0.4 is 0 Å². The van der Waals surface area contributed by atoms with Crippen LogP contribution in [0.3, 0.4) is 0 Å². The molecular weight excluding hydrogens is 226 g/mol. The highest BCUT2D eigenvalue weighted by Gasteiger charge is 2.14. The van der Waals surface area contributed by atoms with Gasteiger partial charge in [0.15, 0.2) is 0 Å². The predicted octanol–water partition coefficient (Wildman–Crippen LogP) is 3.73. The van der Waals surface area contributed by atoms with Gasteiger partial charge >= 0.3 is 0 Å². The normalized spacial score (nSPS) is 13.1. The Morgan fingerprint density at radius 2 is 1.92 bits per heavy atom. The quantitative estimate of drug-likeness (QED) is 0.650. The molecule has 0 amide bonds. The zero-order valence-electron chi connectivity index (χ0n) is 6.87. The van der Waals surface area contributed by atoms with Gasteiger partial charge in [-0.25, -0.2) is 8.78 Å². The van der Waals surface area contributed by atoms with Crippen molar-refractivity contribution >= 4 is 15.9 Å². The highest BCUT2D eigenvalue weighted by atomic mass is 79.9. The summed E-state index contributed by atoms with van der Waals surface area (Å²) in [6.07, 6.45) is 0. The Labute approximate surface area is 78.7 Å². The molecule has 0 spiro atoms. The maximum absolute atomic E-state index is 13.2. The summed E-state index contributed by atoms with van der Waals surface area (Å²) in [5.74, 6) is -0.957. The Morgan fingerprint density at radius 1 is 1.33 bits per heavy atom. The van der Waals surface area contributed by atoms with Crippen LogP contribution in [-0.2, 0) is 0 Å². The van der Waals surface area contributed by atoms with Crippen molar-refractivity contribution in [3.05, 3.63) is 34.9 Å². The van der Waals surface area contributed by atoms with E-state index in [1.807, 2.05) is 0 Å². The first-order valence-electron chi connectivity index (χ1n) is 3.62. The highest BCUT2D eigenvalue weighted by Crippen LogP contribution is 2.28. The van der Waals surface area contributed by atoms with Crippen molar-refractivity contribution in [1.29, 1.82) is 0 Å². The lowest BCUT2D eigenvalue weighted by atomic mass is 10.1. The molecule has 3 heteroatoms. The van der Waals surface area contributed by atoms with Crippen molar-refractivity contribution in [2.24, 2.45) is 0 Å². The first-order chi connectivity index (χ1) is 5.54. The van der Waals surface area contributed by atoms with Crippen LogP contribution in [0.5, 0.6) is 0 Å². The average Bonchev–Trinajstić information content (AvgIpc) is 1.97. The Bertz CT molecular complexity index is 295. The molecule has 0 saturated heterocycles. The summed E-state index contributed by atoms with van der Waals surface area (Å²) in [7, 11) is 0. The summed E-state index contributed by atoms with van der Waals surface area (Å²) < 4.78 is 26.3. The number of hydrogen-bond acceptors (Lipinski definition) is 0. The van der Waals surface area contributed by atoms with E-state index in [1.165, 1.54) is 12.1 Å². The summed E-state index contributed by atoms with van der Waals surface area (Å²) in [4.78, 5) is -0.294. The minimum absolute atomic E-state index is 0.106. The van der Waals surface area contributed by atoms with Crippen LogP contribution in [0.2, 0.25) is 0 Å². The maximum Gasteiger partial charge on any atom is 0.133 e. The second-order valence-electron chi connectivity index (χ2n) is 2.71. The van der Waals surface area contributed by atoms with Gasteiger partial charge in [0.2, 0.25) is 0 Å². The van der Waals surface area contributed by atoms with E-state index in [-0.39, 0.29) is 10.4 Å². The number of rotatable bonds is 1. The molecule has 0 aliphatic carbocycles. The summed E-state index contributed by atoms with van der Waals surface area (Å²) in [5.41, 5.74) is 0.577. The topological polar surface area (TPSA) is 0 Å². The van der Waals surface area contributed by atoms with Crippen LogP contribution in [0.15, 0.2) is 12.1 Å². The van der Waals surface area contributed by atoms with E-state index >= 15 is 0 Å². The lowest BCUT2D eigenvalue weighted by Crippen LogP contribution is -1.97. The number of halogens is 3. The summed E-state index contributed by atoms with van der Waals surface area (Å²) in [6.45, 7) is 3.31. The molecule has 0 aliphatic rings. The third kappa shape index (κ3) is 1.66. The van der Waals surface area contributed by atoms with Gasteiger partial charge in [0.25, 0.3) is 0 Å². The van der Waals surface area contributed by atoms with Crippen LogP contribution in [0, 0.1) is 18.6 Å². The largest absolute Gasteiger partial charge is 0.207 e.